The van der Waals surface area contributed by atoms with Gasteiger partial charge in [0.1, 0.15) is 11.5 Å². The Labute approximate surface area is 162 Å². The van der Waals surface area contributed by atoms with Gasteiger partial charge in [0.05, 0.1) is 16.3 Å². The lowest BCUT2D eigenvalue weighted by atomic mass is 10.2. The van der Waals surface area contributed by atoms with Crippen LogP contribution < -0.4 is 5.56 Å². The fourth-order valence-corrected chi connectivity index (χ4v) is 3.62. The molecular weight excluding hydrogens is 389 g/mol. The molecule has 4 rings (SSSR count). The van der Waals surface area contributed by atoms with Crippen molar-refractivity contribution in [2.24, 2.45) is 7.05 Å². The molecule has 0 atom stereocenters. The van der Waals surface area contributed by atoms with E-state index >= 15 is 0 Å². The molecule has 0 saturated carbocycles. The third-order valence-corrected chi connectivity index (χ3v) is 5.25. The highest BCUT2D eigenvalue weighted by atomic mass is 35.5. The van der Waals surface area contributed by atoms with Crippen molar-refractivity contribution in [2.75, 3.05) is 0 Å². The zero-order valence-corrected chi connectivity index (χ0v) is 15.7. The topological polar surface area (TPSA) is 65.1 Å². The number of halogens is 2. The number of benzene rings is 1. The second-order valence-electron chi connectivity index (χ2n) is 5.79. The van der Waals surface area contributed by atoms with E-state index in [1.807, 2.05) is 0 Å². The van der Waals surface area contributed by atoms with Crippen molar-refractivity contribution in [3.8, 4) is 11.4 Å². The van der Waals surface area contributed by atoms with Gasteiger partial charge < -0.3 is 4.57 Å². The molecule has 6 nitrogen and oxygen atoms in total. The normalized spacial score (nSPS) is 11.2. The van der Waals surface area contributed by atoms with Gasteiger partial charge in [-0.2, -0.15) is 0 Å². The average molecular weight is 402 g/mol. The van der Waals surface area contributed by atoms with Gasteiger partial charge in [0, 0.05) is 25.1 Å². The van der Waals surface area contributed by atoms with Gasteiger partial charge in [-0.05, 0) is 24.3 Å². The van der Waals surface area contributed by atoms with Crippen molar-refractivity contribution < 1.29 is 4.39 Å². The third kappa shape index (κ3) is 3.45. The number of fused-ring (bicyclic) bond motifs is 1. The predicted octanol–water partition coefficient (Wildman–Crippen LogP) is 3.57. The van der Waals surface area contributed by atoms with E-state index in [2.05, 4.69) is 15.2 Å². The van der Waals surface area contributed by atoms with Crippen LogP contribution in [0.1, 0.15) is 5.69 Å². The highest BCUT2D eigenvalue weighted by Gasteiger charge is 2.15. The molecule has 3 aromatic heterocycles. The van der Waals surface area contributed by atoms with E-state index < -0.39 is 0 Å². The number of pyridine rings is 1. The van der Waals surface area contributed by atoms with E-state index in [-0.39, 0.29) is 11.4 Å². The summed E-state index contributed by atoms with van der Waals surface area (Å²) in [4.78, 5) is 16.7. The molecule has 0 amide bonds. The van der Waals surface area contributed by atoms with Crippen LogP contribution in [0.2, 0.25) is 5.02 Å². The summed E-state index contributed by atoms with van der Waals surface area (Å²) in [7, 11) is 1.77. The van der Waals surface area contributed by atoms with Crippen molar-refractivity contribution in [1.29, 1.82) is 0 Å². The number of nitrogens with zero attached hydrogens (tertiary/aromatic N) is 5. The Bertz CT molecular complexity index is 1210. The first kappa shape index (κ1) is 17.7. The Balaban J connectivity index is 1.60. The van der Waals surface area contributed by atoms with Gasteiger partial charge >= 0.3 is 0 Å². The molecule has 0 fully saturated rings. The van der Waals surface area contributed by atoms with Gasteiger partial charge in [0.15, 0.2) is 11.0 Å². The van der Waals surface area contributed by atoms with Crippen LogP contribution in [0.15, 0.2) is 58.6 Å². The fraction of sp³-hybridized carbons (Fsp3) is 0.111. The molecule has 0 radical (unpaired) electrons. The number of hydrogen-bond acceptors (Lipinski definition) is 5. The molecule has 136 valence electrons. The summed E-state index contributed by atoms with van der Waals surface area (Å²) in [5.41, 5.74) is 1.32. The van der Waals surface area contributed by atoms with Gasteiger partial charge in [0.25, 0.3) is 5.56 Å². The number of aromatic nitrogens is 5. The van der Waals surface area contributed by atoms with Gasteiger partial charge in [0.2, 0.25) is 0 Å². The van der Waals surface area contributed by atoms with Crippen molar-refractivity contribution in [1.82, 2.24) is 24.1 Å². The lowest BCUT2D eigenvalue weighted by molar-refractivity contribution is 0.628. The monoisotopic (exact) mass is 401 g/mol. The minimum atomic E-state index is -0.354. The van der Waals surface area contributed by atoms with E-state index in [9.17, 15) is 9.18 Å². The minimum absolute atomic E-state index is 0.205. The molecule has 0 N–H and O–H groups in total. The van der Waals surface area contributed by atoms with Crippen molar-refractivity contribution in [3.63, 3.8) is 0 Å². The Kier molecular flexibility index (Phi) is 4.67. The van der Waals surface area contributed by atoms with Crippen LogP contribution >= 0.6 is 23.4 Å². The third-order valence-electron chi connectivity index (χ3n) is 3.98. The van der Waals surface area contributed by atoms with Gasteiger partial charge in [-0.15, -0.1) is 10.2 Å². The van der Waals surface area contributed by atoms with Gasteiger partial charge in [-0.3, -0.25) is 9.20 Å². The maximum absolute atomic E-state index is 14.0. The highest BCUT2D eigenvalue weighted by Crippen LogP contribution is 2.26. The van der Waals surface area contributed by atoms with Crippen molar-refractivity contribution in [2.45, 2.75) is 10.9 Å². The summed E-state index contributed by atoms with van der Waals surface area (Å²) in [6.07, 6.45) is 1.53. The molecule has 0 saturated heterocycles. The average Bonchev–Trinajstić information content (AvgIpc) is 3.01. The molecule has 0 aliphatic heterocycles. The first-order valence-corrected chi connectivity index (χ1v) is 9.34. The van der Waals surface area contributed by atoms with Crippen LogP contribution in [-0.4, -0.2) is 24.1 Å². The largest absolute Gasteiger partial charge is 0.305 e. The molecule has 0 unspecified atom stereocenters. The predicted molar refractivity (Wildman–Crippen MR) is 102 cm³/mol. The number of rotatable bonds is 4. The molecule has 0 spiro atoms. The minimum Gasteiger partial charge on any atom is -0.305 e. The Morgan fingerprint density at radius 3 is 2.81 bits per heavy atom. The smallest absolute Gasteiger partial charge is 0.258 e. The van der Waals surface area contributed by atoms with Crippen LogP contribution in [0.4, 0.5) is 4.39 Å². The van der Waals surface area contributed by atoms with E-state index in [0.717, 1.165) is 0 Å². The summed E-state index contributed by atoms with van der Waals surface area (Å²) < 4.78 is 17.1. The Hall–Kier alpha value is -2.71. The molecule has 0 aliphatic carbocycles. The molecule has 4 aromatic rings. The summed E-state index contributed by atoms with van der Waals surface area (Å²) in [6.45, 7) is 0. The summed E-state index contributed by atoms with van der Waals surface area (Å²) in [5, 5.41) is 9.28. The second kappa shape index (κ2) is 7.13. The van der Waals surface area contributed by atoms with Crippen LogP contribution in [0, 0.1) is 5.82 Å². The lowest BCUT2D eigenvalue weighted by Gasteiger charge is -2.06. The van der Waals surface area contributed by atoms with Crippen LogP contribution in [0.25, 0.3) is 17.0 Å². The van der Waals surface area contributed by atoms with Crippen LogP contribution in [-0.2, 0) is 12.8 Å². The zero-order chi connectivity index (χ0) is 19.0. The summed E-state index contributed by atoms with van der Waals surface area (Å²) in [6, 6.07) is 11.3. The molecular formula is C18H13ClFN5OS. The fourth-order valence-electron chi connectivity index (χ4n) is 2.66. The molecule has 1 aromatic carbocycles. The zero-order valence-electron chi connectivity index (χ0n) is 14.1. The van der Waals surface area contributed by atoms with E-state index in [1.54, 1.807) is 41.9 Å². The summed E-state index contributed by atoms with van der Waals surface area (Å²) in [5.74, 6) is 0.515. The second-order valence-corrected chi connectivity index (χ2v) is 7.17. The Morgan fingerprint density at radius 1 is 1.19 bits per heavy atom. The number of thioether (sulfide) groups is 1. The van der Waals surface area contributed by atoms with Crippen molar-refractivity contribution >= 4 is 29.0 Å². The first-order valence-electron chi connectivity index (χ1n) is 7.98. The number of hydrogen-bond donors (Lipinski definition) is 0. The van der Waals surface area contributed by atoms with E-state index in [1.165, 1.54) is 34.5 Å². The first-order chi connectivity index (χ1) is 13.0. The SMILES string of the molecule is Cn1c(SCc2cc(=O)n3cc(Cl)ccc3n2)nnc1-c1ccccc1F. The Morgan fingerprint density at radius 2 is 2.00 bits per heavy atom. The maximum Gasteiger partial charge on any atom is 0.258 e. The van der Waals surface area contributed by atoms with E-state index in [4.69, 9.17) is 11.6 Å². The standard InChI is InChI=1S/C18H13ClFN5OS/c1-24-17(13-4-2-3-5-14(13)20)22-23-18(24)27-10-12-8-16(26)25-9-11(19)6-7-15(25)21-12/h2-9H,10H2,1H3. The maximum atomic E-state index is 14.0. The van der Waals surface area contributed by atoms with Crippen LogP contribution in [0.3, 0.4) is 0 Å². The lowest BCUT2D eigenvalue weighted by Crippen LogP contribution is -2.15. The molecule has 3 heterocycles. The van der Waals surface area contributed by atoms with Crippen molar-refractivity contribution in [3.05, 3.63) is 75.5 Å². The molecule has 0 bridgehead atoms. The van der Waals surface area contributed by atoms with Gasteiger partial charge in [-0.25, -0.2) is 9.37 Å². The van der Waals surface area contributed by atoms with Crippen LogP contribution in [0.5, 0.6) is 0 Å². The molecule has 0 aliphatic rings. The quantitative estimate of drug-likeness (QED) is 0.489. The molecule has 27 heavy (non-hydrogen) atoms. The molecule has 9 heteroatoms. The van der Waals surface area contributed by atoms with Gasteiger partial charge in [-0.1, -0.05) is 35.5 Å². The summed E-state index contributed by atoms with van der Waals surface area (Å²) >= 11 is 7.29. The highest BCUT2D eigenvalue weighted by molar-refractivity contribution is 7.98. The van der Waals surface area contributed by atoms with E-state index in [0.29, 0.717) is 38.7 Å².